The van der Waals surface area contributed by atoms with Gasteiger partial charge in [0.25, 0.3) is 0 Å². The molecule has 2 nitrogen and oxygen atoms in total. The Morgan fingerprint density at radius 1 is 1.38 bits per heavy atom. The number of rotatable bonds is 5. The second-order valence-electron chi connectivity index (χ2n) is 4.09. The molecule has 0 spiro atoms. The molecule has 2 rings (SSSR count). The van der Waals surface area contributed by atoms with Crippen LogP contribution in [0.5, 0.6) is 0 Å². The SMILES string of the molecule is COCC(C)CNc1cccc2ccsc12. The smallest absolute Gasteiger partial charge is 0.0574 e. The van der Waals surface area contributed by atoms with E-state index >= 15 is 0 Å². The minimum Gasteiger partial charge on any atom is -0.384 e. The summed E-state index contributed by atoms with van der Waals surface area (Å²) in [7, 11) is 1.75. The van der Waals surface area contributed by atoms with Crippen LogP contribution >= 0.6 is 11.3 Å². The van der Waals surface area contributed by atoms with Gasteiger partial charge in [0.1, 0.15) is 0 Å². The molecule has 0 aliphatic rings. The summed E-state index contributed by atoms with van der Waals surface area (Å²) in [6, 6.07) is 8.54. The van der Waals surface area contributed by atoms with Gasteiger partial charge in [0.2, 0.25) is 0 Å². The van der Waals surface area contributed by atoms with Crippen molar-refractivity contribution in [3.8, 4) is 0 Å². The lowest BCUT2D eigenvalue weighted by Gasteiger charge is -2.13. The summed E-state index contributed by atoms with van der Waals surface area (Å²) in [5.74, 6) is 0.528. The highest BCUT2D eigenvalue weighted by atomic mass is 32.1. The van der Waals surface area contributed by atoms with Crippen molar-refractivity contribution in [2.24, 2.45) is 5.92 Å². The molecule has 86 valence electrons. The molecule has 0 aliphatic carbocycles. The maximum atomic E-state index is 5.13. The van der Waals surface area contributed by atoms with E-state index in [1.165, 1.54) is 15.8 Å². The Balaban J connectivity index is 2.06. The number of nitrogens with one attached hydrogen (secondary N) is 1. The first kappa shape index (κ1) is 11.4. The van der Waals surface area contributed by atoms with Crippen molar-refractivity contribution >= 4 is 27.1 Å². The van der Waals surface area contributed by atoms with Gasteiger partial charge < -0.3 is 10.1 Å². The summed E-state index contributed by atoms with van der Waals surface area (Å²) < 4.78 is 6.47. The van der Waals surface area contributed by atoms with Crippen LogP contribution in [-0.2, 0) is 4.74 Å². The number of fused-ring (bicyclic) bond motifs is 1. The first-order chi connectivity index (χ1) is 7.81. The standard InChI is InChI=1S/C13H17NOS/c1-10(9-15-2)8-14-12-5-3-4-11-6-7-16-13(11)12/h3-7,10,14H,8-9H2,1-2H3. The van der Waals surface area contributed by atoms with Gasteiger partial charge in [0.05, 0.1) is 17.0 Å². The molecule has 2 aromatic rings. The van der Waals surface area contributed by atoms with E-state index in [1.54, 1.807) is 18.4 Å². The molecule has 1 aromatic carbocycles. The average Bonchev–Trinajstić information content (AvgIpc) is 2.75. The van der Waals surface area contributed by atoms with Crippen LogP contribution in [0.1, 0.15) is 6.92 Å². The van der Waals surface area contributed by atoms with E-state index in [1.807, 2.05) is 0 Å². The van der Waals surface area contributed by atoms with Crippen LogP contribution in [0.4, 0.5) is 5.69 Å². The summed E-state index contributed by atoms with van der Waals surface area (Å²) in [6.45, 7) is 3.93. The molecule has 0 radical (unpaired) electrons. The lowest BCUT2D eigenvalue weighted by atomic mass is 10.2. The molecule has 1 aromatic heterocycles. The Kier molecular flexibility index (Phi) is 3.80. The van der Waals surface area contributed by atoms with Gasteiger partial charge in [-0.15, -0.1) is 11.3 Å². The molecule has 0 bridgehead atoms. The van der Waals surface area contributed by atoms with E-state index in [0.29, 0.717) is 5.92 Å². The zero-order chi connectivity index (χ0) is 11.4. The number of thiophene rings is 1. The molecule has 16 heavy (non-hydrogen) atoms. The van der Waals surface area contributed by atoms with Crippen molar-refractivity contribution < 1.29 is 4.74 Å². The predicted molar refractivity (Wildman–Crippen MR) is 71.4 cm³/mol. The van der Waals surface area contributed by atoms with Crippen LogP contribution in [0.2, 0.25) is 0 Å². The van der Waals surface area contributed by atoms with E-state index < -0.39 is 0 Å². The van der Waals surface area contributed by atoms with Crippen LogP contribution in [0.3, 0.4) is 0 Å². The first-order valence-corrected chi connectivity index (χ1v) is 6.38. The predicted octanol–water partition coefficient (Wildman–Crippen LogP) is 3.60. The summed E-state index contributed by atoms with van der Waals surface area (Å²) >= 11 is 1.79. The lowest BCUT2D eigenvalue weighted by Crippen LogP contribution is -2.15. The largest absolute Gasteiger partial charge is 0.384 e. The van der Waals surface area contributed by atoms with Gasteiger partial charge in [-0.3, -0.25) is 0 Å². The van der Waals surface area contributed by atoms with Gasteiger partial charge in [0.15, 0.2) is 0 Å². The van der Waals surface area contributed by atoms with Crippen LogP contribution < -0.4 is 5.32 Å². The van der Waals surface area contributed by atoms with Gasteiger partial charge >= 0.3 is 0 Å². The first-order valence-electron chi connectivity index (χ1n) is 5.50. The normalized spacial score (nSPS) is 12.9. The molecule has 1 unspecified atom stereocenters. The van der Waals surface area contributed by atoms with Crippen molar-refractivity contribution in [2.45, 2.75) is 6.92 Å². The molecular formula is C13H17NOS. The Labute approximate surface area is 100 Å². The molecule has 1 N–H and O–H groups in total. The van der Waals surface area contributed by atoms with E-state index in [9.17, 15) is 0 Å². The Hall–Kier alpha value is -1.06. The number of benzene rings is 1. The minimum absolute atomic E-state index is 0.528. The molecule has 0 aliphatic heterocycles. The van der Waals surface area contributed by atoms with Gasteiger partial charge in [-0.25, -0.2) is 0 Å². The molecule has 0 saturated carbocycles. The third-order valence-electron chi connectivity index (χ3n) is 2.57. The van der Waals surface area contributed by atoms with Crippen LogP contribution in [0.15, 0.2) is 29.6 Å². The molecule has 1 heterocycles. The third kappa shape index (κ3) is 2.54. The van der Waals surface area contributed by atoms with Gasteiger partial charge in [-0.05, 0) is 28.8 Å². The van der Waals surface area contributed by atoms with Crippen molar-refractivity contribution in [3.63, 3.8) is 0 Å². The van der Waals surface area contributed by atoms with Crippen molar-refractivity contribution in [3.05, 3.63) is 29.6 Å². The fourth-order valence-corrected chi connectivity index (χ4v) is 2.65. The summed E-state index contributed by atoms with van der Waals surface area (Å²) in [5.41, 5.74) is 1.23. The topological polar surface area (TPSA) is 21.3 Å². The number of hydrogen-bond acceptors (Lipinski definition) is 3. The second-order valence-corrected chi connectivity index (χ2v) is 5.00. The summed E-state index contributed by atoms with van der Waals surface area (Å²) in [6.07, 6.45) is 0. The van der Waals surface area contributed by atoms with Gasteiger partial charge in [0, 0.05) is 13.7 Å². The van der Waals surface area contributed by atoms with E-state index in [0.717, 1.165) is 13.2 Å². The Morgan fingerprint density at radius 3 is 3.06 bits per heavy atom. The minimum atomic E-state index is 0.528. The number of anilines is 1. The number of methoxy groups -OCH3 is 1. The zero-order valence-corrected chi connectivity index (χ0v) is 10.5. The molecule has 3 heteroatoms. The summed E-state index contributed by atoms with van der Waals surface area (Å²) in [5, 5.41) is 6.94. The van der Waals surface area contributed by atoms with Gasteiger partial charge in [-0.1, -0.05) is 19.1 Å². The number of hydrogen-bond donors (Lipinski definition) is 1. The highest BCUT2D eigenvalue weighted by molar-refractivity contribution is 7.17. The lowest BCUT2D eigenvalue weighted by molar-refractivity contribution is 0.164. The van der Waals surface area contributed by atoms with Crippen LogP contribution in [-0.4, -0.2) is 20.3 Å². The molecule has 0 amide bonds. The Morgan fingerprint density at radius 2 is 2.25 bits per heavy atom. The van der Waals surface area contributed by atoms with Crippen LogP contribution in [0, 0.1) is 5.92 Å². The fraction of sp³-hybridized carbons (Fsp3) is 0.385. The van der Waals surface area contributed by atoms with Crippen molar-refractivity contribution in [2.75, 3.05) is 25.6 Å². The second kappa shape index (κ2) is 5.32. The maximum absolute atomic E-state index is 5.13. The molecule has 1 atom stereocenters. The van der Waals surface area contributed by atoms with E-state index in [-0.39, 0.29) is 0 Å². The Bertz CT molecular complexity index is 452. The average molecular weight is 235 g/mol. The van der Waals surface area contributed by atoms with Crippen molar-refractivity contribution in [1.82, 2.24) is 0 Å². The van der Waals surface area contributed by atoms with Crippen molar-refractivity contribution in [1.29, 1.82) is 0 Å². The quantitative estimate of drug-likeness (QED) is 0.855. The fourth-order valence-electron chi connectivity index (χ4n) is 1.76. The summed E-state index contributed by atoms with van der Waals surface area (Å²) in [4.78, 5) is 0. The van der Waals surface area contributed by atoms with E-state index in [2.05, 4.69) is 41.9 Å². The number of ether oxygens (including phenoxy) is 1. The van der Waals surface area contributed by atoms with E-state index in [4.69, 9.17) is 4.74 Å². The monoisotopic (exact) mass is 235 g/mol. The zero-order valence-electron chi connectivity index (χ0n) is 9.69. The van der Waals surface area contributed by atoms with Gasteiger partial charge in [-0.2, -0.15) is 0 Å². The third-order valence-corrected chi connectivity index (χ3v) is 3.53. The molecule has 0 fully saturated rings. The highest BCUT2D eigenvalue weighted by Gasteiger charge is 2.04. The highest BCUT2D eigenvalue weighted by Crippen LogP contribution is 2.28. The molecular weight excluding hydrogens is 218 g/mol. The molecule has 0 saturated heterocycles. The maximum Gasteiger partial charge on any atom is 0.0574 e. The van der Waals surface area contributed by atoms with Crippen LogP contribution in [0.25, 0.3) is 10.1 Å².